The maximum absolute atomic E-state index is 12.0. The zero-order valence-corrected chi connectivity index (χ0v) is 13.5. The predicted molar refractivity (Wildman–Crippen MR) is 94.5 cm³/mol. The van der Waals surface area contributed by atoms with Crippen molar-refractivity contribution in [2.24, 2.45) is 0 Å². The van der Waals surface area contributed by atoms with E-state index in [1.165, 1.54) is 29.7 Å². The zero-order valence-electron chi connectivity index (χ0n) is 12.7. The van der Waals surface area contributed by atoms with Crippen LogP contribution in [0.3, 0.4) is 0 Å². The van der Waals surface area contributed by atoms with Crippen LogP contribution in [0.4, 0.5) is 5.69 Å². The van der Waals surface area contributed by atoms with Crippen molar-refractivity contribution in [3.8, 4) is 0 Å². The molecule has 0 fully saturated rings. The number of amides is 1. The van der Waals surface area contributed by atoms with Crippen molar-refractivity contribution in [2.75, 3.05) is 12.3 Å². The molecular formula is C17H15N3O3S. The first-order valence-corrected chi connectivity index (χ1v) is 8.35. The van der Waals surface area contributed by atoms with Crippen molar-refractivity contribution >= 4 is 34.3 Å². The van der Waals surface area contributed by atoms with Crippen LogP contribution >= 0.6 is 11.8 Å². The molecule has 1 amide bonds. The van der Waals surface area contributed by atoms with E-state index in [0.29, 0.717) is 12.1 Å². The Labute approximate surface area is 142 Å². The van der Waals surface area contributed by atoms with E-state index >= 15 is 0 Å². The van der Waals surface area contributed by atoms with Crippen LogP contribution in [0, 0.1) is 10.1 Å². The van der Waals surface area contributed by atoms with E-state index in [9.17, 15) is 14.9 Å². The number of aromatic amines is 1. The molecule has 1 heterocycles. The van der Waals surface area contributed by atoms with Gasteiger partial charge in [-0.3, -0.25) is 14.9 Å². The summed E-state index contributed by atoms with van der Waals surface area (Å²) in [6, 6.07) is 13.6. The number of carbonyl (C=O) groups excluding carboxylic acids is 1. The monoisotopic (exact) mass is 341 g/mol. The highest BCUT2D eigenvalue weighted by Crippen LogP contribution is 2.27. The molecule has 6 nitrogen and oxygen atoms in total. The van der Waals surface area contributed by atoms with Crippen LogP contribution in [0.1, 0.15) is 10.4 Å². The van der Waals surface area contributed by atoms with Gasteiger partial charge in [-0.15, -0.1) is 11.8 Å². The SMILES string of the molecule is O=C(NCCSc1c[nH]c2ccccc12)c1ccc([N+](=O)[O-])cc1. The van der Waals surface area contributed by atoms with Gasteiger partial charge in [0.1, 0.15) is 0 Å². The van der Waals surface area contributed by atoms with Gasteiger partial charge in [0.2, 0.25) is 0 Å². The molecule has 1 aromatic heterocycles. The number of thioether (sulfide) groups is 1. The van der Waals surface area contributed by atoms with Gasteiger partial charge in [0.25, 0.3) is 11.6 Å². The minimum Gasteiger partial charge on any atom is -0.360 e. The summed E-state index contributed by atoms with van der Waals surface area (Å²) in [5.41, 5.74) is 1.48. The van der Waals surface area contributed by atoms with Gasteiger partial charge in [0, 0.05) is 52.0 Å². The first-order valence-electron chi connectivity index (χ1n) is 7.37. The lowest BCUT2D eigenvalue weighted by molar-refractivity contribution is -0.384. The number of aromatic nitrogens is 1. The molecule has 0 atom stereocenters. The van der Waals surface area contributed by atoms with Gasteiger partial charge in [-0.05, 0) is 18.2 Å². The van der Waals surface area contributed by atoms with E-state index in [2.05, 4.69) is 16.4 Å². The molecule has 2 aromatic carbocycles. The van der Waals surface area contributed by atoms with Gasteiger partial charge in [-0.2, -0.15) is 0 Å². The molecule has 3 aromatic rings. The highest BCUT2D eigenvalue weighted by atomic mass is 32.2. The van der Waals surface area contributed by atoms with E-state index in [1.807, 2.05) is 24.4 Å². The Bertz CT molecular complexity index is 874. The molecule has 0 aliphatic rings. The first kappa shape index (κ1) is 16.1. The van der Waals surface area contributed by atoms with Crippen LogP contribution in [0.2, 0.25) is 0 Å². The number of para-hydroxylation sites is 1. The van der Waals surface area contributed by atoms with Crippen LogP contribution in [-0.2, 0) is 0 Å². The van der Waals surface area contributed by atoms with Crippen molar-refractivity contribution in [2.45, 2.75) is 4.90 Å². The van der Waals surface area contributed by atoms with Gasteiger partial charge >= 0.3 is 0 Å². The van der Waals surface area contributed by atoms with Gasteiger partial charge in [-0.1, -0.05) is 18.2 Å². The van der Waals surface area contributed by atoms with Crippen molar-refractivity contribution in [1.82, 2.24) is 10.3 Å². The van der Waals surface area contributed by atoms with Crippen molar-refractivity contribution in [3.05, 3.63) is 70.4 Å². The van der Waals surface area contributed by atoms with Gasteiger partial charge in [-0.25, -0.2) is 0 Å². The highest BCUT2D eigenvalue weighted by molar-refractivity contribution is 7.99. The van der Waals surface area contributed by atoms with E-state index in [1.54, 1.807) is 11.8 Å². The number of nitro groups is 1. The minimum atomic E-state index is -0.487. The van der Waals surface area contributed by atoms with Crippen molar-refractivity contribution in [3.63, 3.8) is 0 Å². The fourth-order valence-electron chi connectivity index (χ4n) is 2.33. The summed E-state index contributed by atoms with van der Waals surface area (Å²) >= 11 is 1.66. The third-order valence-electron chi connectivity index (χ3n) is 3.54. The lowest BCUT2D eigenvalue weighted by atomic mass is 10.2. The van der Waals surface area contributed by atoms with E-state index in [4.69, 9.17) is 0 Å². The van der Waals surface area contributed by atoms with Crippen LogP contribution < -0.4 is 5.32 Å². The third-order valence-corrected chi connectivity index (χ3v) is 4.59. The number of H-pyrrole nitrogens is 1. The Balaban J connectivity index is 1.51. The fraction of sp³-hybridized carbons (Fsp3) is 0.118. The molecular weight excluding hydrogens is 326 g/mol. The zero-order chi connectivity index (χ0) is 16.9. The Kier molecular flexibility index (Phi) is 4.81. The Hall–Kier alpha value is -2.80. The summed E-state index contributed by atoms with van der Waals surface area (Å²) in [6.07, 6.45) is 1.97. The molecule has 0 radical (unpaired) electrons. The second-order valence-corrected chi connectivity index (χ2v) is 6.24. The molecule has 0 bridgehead atoms. The Morgan fingerprint density at radius 1 is 1.17 bits per heavy atom. The van der Waals surface area contributed by atoms with E-state index < -0.39 is 4.92 Å². The molecule has 0 saturated carbocycles. The highest BCUT2D eigenvalue weighted by Gasteiger charge is 2.09. The largest absolute Gasteiger partial charge is 0.360 e. The normalized spacial score (nSPS) is 10.7. The summed E-state index contributed by atoms with van der Waals surface area (Å²) in [5, 5.41) is 14.6. The molecule has 7 heteroatoms. The first-order chi connectivity index (χ1) is 11.6. The Morgan fingerprint density at radius 3 is 2.67 bits per heavy atom. The summed E-state index contributed by atoms with van der Waals surface area (Å²) in [6.45, 7) is 0.514. The van der Waals surface area contributed by atoms with Crippen molar-refractivity contribution in [1.29, 1.82) is 0 Å². The molecule has 24 heavy (non-hydrogen) atoms. The van der Waals surface area contributed by atoms with Gasteiger partial charge in [0.05, 0.1) is 4.92 Å². The van der Waals surface area contributed by atoms with Crippen molar-refractivity contribution < 1.29 is 9.72 Å². The average Bonchev–Trinajstić information content (AvgIpc) is 3.02. The number of rotatable bonds is 6. The number of hydrogen-bond donors (Lipinski definition) is 2. The maximum atomic E-state index is 12.0. The van der Waals surface area contributed by atoms with Gasteiger partial charge < -0.3 is 10.3 Å². The summed E-state index contributed by atoms with van der Waals surface area (Å²) in [7, 11) is 0. The number of fused-ring (bicyclic) bond motifs is 1. The van der Waals surface area contributed by atoms with Gasteiger partial charge in [0.15, 0.2) is 0 Å². The topological polar surface area (TPSA) is 88.0 Å². The summed E-state index contributed by atoms with van der Waals surface area (Å²) in [4.78, 5) is 26.5. The quantitative estimate of drug-likeness (QED) is 0.310. The molecule has 0 saturated heterocycles. The van der Waals surface area contributed by atoms with Crippen LogP contribution in [0.15, 0.2) is 59.6 Å². The molecule has 0 aliphatic carbocycles. The number of nitro benzene ring substituents is 1. The fourth-order valence-corrected chi connectivity index (χ4v) is 3.23. The molecule has 122 valence electrons. The average molecular weight is 341 g/mol. The number of benzene rings is 2. The molecule has 3 rings (SSSR count). The lowest BCUT2D eigenvalue weighted by Gasteiger charge is -2.05. The second-order valence-electron chi connectivity index (χ2n) is 5.11. The molecule has 0 unspecified atom stereocenters. The minimum absolute atomic E-state index is 0.0264. The molecule has 0 spiro atoms. The number of nitrogens with zero attached hydrogens (tertiary/aromatic N) is 1. The lowest BCUT2D eigenvalue weighted by Crippen LogP contribution is -2.25. The number of nitrogens with one attached hydrogen (secondary N) is 2. The van der Waals surface area contributed by atoms with Crippen LogP contribution in [0.25, 0.3) is 10.9 Å². The maximum Gasteiger partial charge on any atom is 0.269 e. The standard InChI is InChI=1S/C17H15N3O3S/c21-17(12-5-7-13(8-6-12)20(22)23)18-9-10-24-16-11-19-15-4-2-1-3-14(15)16/h1-8,11,19H,9-10H2,(H,18,21). The molecule has 0 aliphatic heterocycles. The van der Waals surface area contributed by atoms with Crippen LogP contribution in [0.5, 0.6) is 0 Å². The molecule has 2 N–H and O–H groups in total. The number of hydrogen-bond acceptors (Lipinski definition) is 4. The number of carbonyl (C=O) groups is 1. The van der Waals surface area contributed by atoms with E-state index in [0.717, 1.165) is 16.2 Å². The van der Waals surface area contributed by atoms with E-state index in [-0.39, 0.29) is 11.6 Å². The Morgan fingerprint density at radius 2 is 1.92 bits per heavy atom. The second kappa shape index (κ2) is 7.18. The van der Waals surface area contributed by atoms with Crippen LogP contribution in [-0.4, -0.2) is 28.1 Å². The summed E-state index contributed by atoms with van der Waals surface area (Å²) < 4.78 is 0. The third kappa shape index (κ3) is 3.57. The predicted octanol–water partition coefficient (Wildman–Crippen LogP) is 3.60. The number of non-ortho nitro benzene ring substituents is 1. The summed E-state index contributed by atoms with van der Waals surface area (Å²) in [5.74, 6) is 0.505. The smallest absolute Gasteiger partial charge is 0.269 e.